The molecule has 0 radical (unpaired) electrons. The molecule has 7 nitrogen and oxygen atoms in total. The number of anilines is 1. The number of nitrogen functional groups attached to an aromatic ring is 1. The van der Waals surface area contributed by atoms with E-state index < -0.39 is 29.7 Å². The molecule has 0 unspecified atom stereocenters. The van der Waals surface area contributed by atoms with E-state index in [1.165, 1.54) is 12.1 Å². The smallest absolute Gasteiger partial charge is 0.328 e. The topological polar surface area (TPSA) is 108 Å². The number of benzene rings is 1. The first-order valence-corrected chi connectivity index (χ1v) is 7.57. The Balaban J connectivity index is 2.78. The number of nitrogens with one attached hydrogen (secondary N) is 1. The van der Waals surface area contributed by atoms with E-state index in [1.807, 2.05) is 0 Å². The second kappa shape index (κ2) is 9.49. The van der Waals surface area contributed by atoms with Crippen LogP contribution < -0.4 is 11.1 Å². The Morgan fingerprint density at radius 2 is 1.88 bits per heavy atom. The molecule has 1 amide bonds. The molecule has 132 valence electrons. The second-order valence-electron chi connectivity index (χ2n) is 4.86. The first kappa shape index (κ1) is 19.4. The van der Waals surface area contributed by atoms with E-state index in [0.29, 0.717) is 0 Å². The highest BCUT2D eigenvalue weighted by Crippen LogP contribution is 2.12. The van der Waals surface area contributed by atoms with Crippen LogP contribution in [0.1, 0.15) is 37.0 Å². The van der Waals surface area contributed by atoms with Gasteiger partial charge in [0.25, 0.3) is 5.91 Å². The van der Waals surface area contributed by atoms with Crippen LogP contribution in [0.4, 0.5) is 10.1 Å². The van der Waals surface area contributed by atoms with Crippen LogP contribution in [0.5, 0.6) is 0 Å². The number of carbonyl (C=O) groups is 3. The molecule has 0 aliphatic heterocycles. The molecular formula is C16H21FN2O5. The Hall–Kier alpha value is -2.64. The number of rotatable bonds is 8. The fourth-order valence-electron chi connectivity index (χ4n) is 1.90. The number of halogens is 1. The third-order valence-electron chi connectivity index (χ3n) is 3.08. The van der Waals surface area contributed by atoms with Gasteiger partial charge in [-0.15, -0.1) is 0 Å². The van der Waals surface area contributed by atoms with Crippen molar-refractivity contribution >= 4 is 23.5 Å². The van der Waals surface area contributed by atoms with E-state index in [4.69, 9.17) is 15.2 Å². The lowest BCUT2D eigenvalue weighted by molar-refractivity contribution is -0.146. The Labute approximate surface area is 139 Å². The summed E-state index contributed by atoms with van der Waals surface area (Å²) in [5.74, 6) is -2.57. The third kappa shape index (κ3) is 5.86. The lowest BCUT2D eigenvalue weighted by atomic mass is 10.1. The fourth-order valence-corrected chi connectivity index (χ4v) is 1.90. The average molecular weight is 340 g/mol. The van der Waals surface area contributed by atoms with Crippen molar-refractivity contribution in [2.45, 2.75) is 32.7 Å². The van der Waals surface area contributed by atoms with Gasteiger partial charge in [0.1, 0.15) is 11.9 Å². The van der Waals surface area contributed by atoms with Gasteiger partial charge in [-0.1, -0.05) is 0 Å². The summed E-state index contributed by atoms with van der Waals surface area (Å²) in [7, 11) is 0. The molecule has 0 bridgehead atoms. The molecule has 1 atom stereocenters. The molecule has 0 saturated carbocycles. The minimum atomic E-state index is -1.04. The number of amides is 1. The predicted molar refractivity (Wildman–Crippen MR) is 84.6 cm³/mol. The number of carbonyl (C=O) groups excluding carboxylic acids is 3. The van der Waals surface area contributed by atoms with Gasteiger partial charge in [0.2, 0.25) is 0 Å². The maximum absolute atomic E-state index is 13.4. The van der Waals surface area contributed by atoms with Crippen LogP contribution in [0, 0.1) is 5.82 Å². The Morgan fingerprint density at radius 3 is 2.46 bits per heavy atom. The average Bonchev–Trinajstić information content (AvgIpc) is 2.54. The largest absolute Gasteiger partial charge is 0.466 e. The van der Waals surface area contributed by atoms with Gasteiger partial charge in [0.15, 0.2) is 0 Å². The Morgan fingerprint density at radius 1 is 1.21 bits per heavy atom. The minimum Gasteiger partial charge on any atom is -0.466 e. The molecule has 1 aromatic carbocycles. The maximum Gasteiger partial charge on any atom is 0.328 e. The van der Waals surface area contributed by atoms with Crippen LogP contribution >= 0.6 is 0 Å². The summed E-state index contributed by atoms with van der Waals surface area (Å²) in [5.41, 5.74) is 5.27. The zero-order valence-electron chi connectivity index (χ0n) is 13.6. The minimum absolute atomic E-state index is 0.00660. The van der Waals surface area contributed by atoms with E-state index in [-0.39, 0.29) is 37.3 Å². The first-order valence-electron chi connectivity index (χ1n) is 7.57. The van der Waals surface area contributed by atoms with E-state index in [1.54, 1.807) is 13.8 Å². The summed E-state index contributed by atoms with van der Waals surface area (Å²) in [6, 6.07) is 2.52. The van der Waals surface area contributed by atoms with Crippen LogP contribution in [-0.4, -0.2) is 37.1 Å². The van der Waals surface area contributed by atoms with Crippen LogP contribution in [0.15, 0.2) is 18.2 Å². The lowest BCUT2D eigenvalue weighted by Crippen LogP contribution is -2.42. The van der Waals surface area contributed by atoms with Gasteiger partial charge in [-0.25, -0.2) is 9.18 Å². The summed E-state index contributed by atoms with van der Waals surface area (Å²) < 4.78 is 23.1. The van der Waals surface area contributed by atoms with E-state index in [2.05, 4.69) is 5.32 Å². The highest BCUT2D eigenvalue weighted by atomic mass is 19.1. The van der Waals surface area contributed by atoms with Gasteiger partial charge in [0, 0.05) is 12.0 Å². The lowest BCUT2D eigenvalue weighted by Gasteiger charge is -2.17. The van der Waals surface area contributed by atoms with Crippen LogP contribution in [-0.2, 0) is 19.1 Å². The highest BCUT2D eigenvalue weighted by Gasteiger charge is 2.24. The van der Waals surface area contributed by atoms with Crippen LogP contribution in [0.3, 0.4) is 0 Å². The van der Waals surface area contributed by atoms with Gasteiger partial charge in [-0.3, -0.25) is 9.59 Å². The van der Waals surface area contributed by atoms with Gasteiger partial charge >= 0.3 is 11.9 Å². The summed E-state index contributed by atoms with van der Waals surface area (Å²) in [6.07, 6.45) is -0.0471. The zero-order chi connectivity index (χ0) is 18.1. The summed E-state index contributed by atoms with van der Waals surface area (Å²) >= 11 is 0. The highest BCUT2D eigenvalue weighted by molar-refractivity contribution is 5.97. The number of ether oxygens (including phenoxy) is 2. The van der Waals surface area contributed by atoms with Gasteiger partial charge in [-0.05, 0) is 38.5 Å². The van der Waals surface area contributed by atoms with E-state index in [0.717, 1.165) is 6.07 Å². The molecule has 24 heavy (non-hydrogen) atoms. The predicted octanol–water partition coefficient (Wildman–Crippen LogP) is 1.41. The molecule has 0 saturated heterocycles. The van der Waals surface area contributed by atoms with Gasteiger partial charge < -0.3 is 20.5 Å². The SMILES string of the molecule is CCOC(=O)CC[C@H](NC(=O)c1ccc(N)c(F)c1)C(=O)OCC. The summed E-state index contributed by atoms with van der Waals surface area (Å²) in [4.78, 5) is 35.5. The van der Waals surface area contributed by atoms with Crippen molar-refractivity contribution in [2.75, 3.05) is 18.9 Å². The Bertz CT molecular complexity index is 606. The number of hydrogen-bond donors (Lipinski definition) is 2. The number of esters is 2. The van der Waals surface area contributed by atoms with Crippen molar-refractivity contribution in [2.24, 2.45) is 0 Å². The molecule has 0 aliphatic carbocycles. The first-order chi connectivity index (χ1) is 11.4. The molecule has 0 aliphatic rings. The quantitative estimate of drug-likeness (QED) is 0.547. The van der Waals surface area contributed by atoms with Crippen LogP contribution in [0.2, 0.25) is 0 Å². The van der Waals surface area contributed by atoms with Gasteiger partial charge in [0.05, 0.1) is 18.9 Å². The molecule has 0 spiro atoms. The van der Waals surface area contributed by atoms with Crippen molar-refractivity contribution < 1.29 is 28.2 Å². The molecule has 1 aromatic rings. The monoisotopic (exact) mass is 340 g/mol. The standard InChI is InChI=1S/C16H21FN2O5/c1-3-23-14(20)8-7-13(16(22)24-4-2)19-15(21)10-5-6-12(18)11(17)9-10/h5-6,9,13H,3-4,7-8,18H2,1-2H3,(H,19,21)/t13-/m0/s1. The fraction of sp³-hybridized carbons (Fsp3) is 0.438. The summed E-state index contributed by atoms with van der Waals surface area (Å²) in [5, 5.41) is 2.43. The van der Waals surface area contributed by atoms with Gasteiger partial charge in [-0.2, -0.15) is 0 Å². The second-order valence-corrected chi connectivity index (χ2v) is 4.86. The molecule has 0 aromatic heterocycles. The number of hydrogen-bond acceptors (Lipinski definition) is 6. The summed E-state index contributed by atoms with van der Waals surface area (Å²) in [6.45, 7) is 3.64. The molecule has 8 heteroatoms. The van der Waals surface area contributed by atoms with Crippen molar-refractivity contribution in [1.29, 1.82) is 0 Å². The molecule has 3 N–H and O–H groups in total. The van der Waals surface area contributed by atoms with Crippen molar-refractivity contribution in [3.63, 3.8) is 0 Å². The third-order valence-corrected chi connectivity index (χ3v) is 3.08. The van der Waals surface area contributed by atoms with Crippen molar-refractivity contribution in [1.82, 2.24) is 5.32 Å². The van der Waals surface area contributed by atoms with E-state index in [9.17, 15) is 18.8 Å². The normalized spacial score (nSPS) is 11.5. The zero-order valence-corrected chi connectivity index (χ0v) is 13.6. The maximum atomic E-state index is 13.4. The van der Waals surface area contributed by atoms with Crippen LogP contribution in [0.25, 0.3) is 0 Å². The molecule has 0 fully saturated rings. The van der Waals surface area contributed by atoms with Crippen molar-refractivity contribution in [3.05, 3.63) is 29.6 Å². The molecular weight excluding hydrogens is 319 g/mol. The number of nitrogens with two attached hydrogens (primary N) is 1. The Kier molecular flexibility index (Phi) is 7.67. The molecule has 0 heterocycles. The van der Waals surface area contributed by atoms with E-state index >= 15 is 0 Å². The van der Waals surface area contributed by atoms with Crippen molar-refractivity contribution in [3.8, 4) is 0 Å². The molecule has 1 rings (SSSR count).